The van der Waals surface area contributed by atoms with Crippen molar-refractivity contribution in [1.29, 1.82) is 0 Å². The summed E-state index contributed by atoms with van der Waals surface area (Å²) in [6.45, 7) is 1.55. The molecule has 3 rings (SSSR count). The molecule has 0 fully saturated rings. The average Bonchev–Trinajstić information content (AvgIpc) is 3.01. The lowest BCUT2D eigenvalue weighted by Crippen LogP contribution is -2.31. The number of aliphatic hydroxyl groups is 1. The molecule has 1 aliphatic rings. The molecular weight excluding hydrogens is 284 g/mol. The molecular formula is C16H18N2O4. The number of pyridine rings is 1. The molecule has 0 saturated carbocycles. The van der Waals surface area contributed by atoms with Gasteiger partial charge in [-0.25, -0.2) is 0 Å². The second kappa shape index (κ2) is 7.11. The van der Waals surface area contributed by atoms with Gasteiger partial charge in [0, 0.05) is 31.5 Å². The van der Waals surface area contributed by atoms with Crippen molar-refractivity contribution in [3.63, 3.8) is 0 Å². The Kier molecular flexibility index (Phi) is 4.72. The molecule has 1 aliphatic heterocycles. The van der Waals surface area contributed by atoms with Crippen molar-refractivity contribution in [3.05, 3.63) is 48.3 Å². The van der Waals surface area contributed by atoms with Crippen molar-refractivity contribution in [1.82, 2.24) is 10.3 Å². The highest BCUT2D eigenvalue weighted by molar-refractivity contribution is 5.46. The molecule has 2 N–H and O–H groups in total. The number of hydrogen-bond donors (Lipinski definition) is 2. The van der Waals surface area contributed by atoms with Crippen LogP contribution in [-0.4, -0.2) is 36.1 Å². The topological polar surface area (TPSA) is 72.8 Å². The van der Waals surface area contributed by atoms with Crippen LogP contribution in [0.15, 0.2) is 42.7 Å². The van der Waals surface area contributed by atoms with E-state index < -0.39 is 6.10 Å². The van der Waals surface area contributed by atoms with E-state index in [1.165, 1.54) is 0 Å². The van der Waals surface area contributed by atoms with Gasteiger partial charge in [-0.15, -0.1) is 0 Å². The molecule has 1 atom stereocenters. The molecule has 0 bridgehead atoms. The van der Waals surface area contributed by atoms with E-state index in [9.17, 15) is 5.11 Å². The third-order valence-electron chi connectivity index (χ3n) is 3.22. The minimum absolute atomic E-state index is 0.208. The fourth-order valence-electron chi connectivity index (χ4n) is 2.10. The number of hydrogen-bond acceptors (Lipinski definition) is 6. The number of nitrogens with zero attached hydrogens (tertiary/aromatic N) is 1. The highest BCUT2D eigenvalue weighted by Gasteiger charge is 2.14. The smallest absolute Gasteiger partial charge is 0.231 e. The predicted molar refractivity (Wildman–Crippen MR) is 80.0 cm³/mol. The molecule has 1 unspecified atom stereocenters. The first kappa shape index (κ1) is 14.6. The zero-order chi connectivity index (χ0) is 15.2. The summed E-state index contributed by atoms with van der Waals surface area (Å²) in [6.07, 6.45) is 2.93. The van der Waals surface area contributed by atoms with Gasteiger partial charge in [0.25, 0.3) is 0 Å². The Bertz CT molecular complexity index is 606. The summed E-state index contributed by atoms with van der Waals surface area (Å²) in [4.78, 5) is 4.04. The number of nitrogens with one attached hydrogen (secondary N) is 1. The summed E-state index contributed by atoms with van der Waals surface area (Å²) in [5.74, 6) is 2.03. The summed E-state index contributed by atoms with van der Waals surface area (Å²) in [5, 5.41) is 13.1. The summed E-state index contributed by atoms with van der Waals surface area (Å²) in [6, 6.07) is 9.22. The summed E-state index contributed by atoms with van der Waals surface area (Å²) in [7, 11) is 0. The molecule has 0 spiro atoms. The van der Waals surface area contributed by atoms with Gasteiger partial charge in [-0.1, -0.05) is 6.07 Å². The van der Waals surface area contributed by atoms with Crippen LogP contribution in [0.3, 0.4) is 0 Å². The van der Waals surface area contributed by atoms with Gasteiger partial charge >= 0.3 is 0 Å². The molecule has 0 saturated heterocycles. The molecule has 6 nitrogen and oxygen atoms in total. The van der Waals surface area contributed by atoms with E-state index in [1.54, 1.807) is 30.6 Å². The molecule has 0 radical (unpaired) electrons. The first-order valence-corrected chi connectivity index (χ1v) is 7.11. The second-order valence-corrected chi connectivity index (χ2v) is 4.97. The molecule has 6 heteroatoms. The maximum absolute atomic E-state index is 9.92. The van der Waals surface area contributed by atoms with Gasteiger partial charge in [-0.2, -0.15) is 0 Å². The molecule has 0 amide bonds. The predicted octanol–water partition coefficient (Wildman–Crippen LogP) is 1.34. The van der Waals surface area contributed by atoms with Crippen molar-refractivity contribution in [2.24, 2.45) is 0 Å². The Labute approximate surface area is 128 Å². The maximum Gasteiger partial charge on any atom is 0.231 e. The monoisotopic (exact) mass is 302 g/mol. The van der Waals surface area contributed by atoms with Crippen molar-refractivity contribution in [2.45, 2.75) is 12.6 Å². The van der Waals surface area contributed by atoms with E-state index in [2.05, 4.69) is 10.3 Å². The van der Waals surface area contributed by atoms with Crippen LogP contribution >= 0.6 is 0 Å². The van der Waals surface area contributed by atoms with E-state index >= 15 is 0 Å². The van der Waals surface area contributed by atoms with Gasteiger partial charge in [-0.05, 0) is 23.8 Å². The van der Waals surface area contributed by atoms with Crippen molar-refractivity contribution in [3.8, 4) is 17.2 Å². The van der Waals surface area contributed by atoms with Crippen LogP contribution in [0.25, 0.3) is 0 Å². The molecule has 116 valence electrons. The fourth-order valence-corrected chi connectivity index (χ4v) is 2.10. The molecule has 22 heavy (non-hydrogen) atoms. The van der Waals surface area contributed by atoms with E-state index in [4.69, 9.17) is 14.2 Å². The van der Waals surface area contributed by atoms with Gasteiger partial charge < -0.3 is 24.6 Å². The summed E-state index contributed by atoms with van der Waals surface area (Å²) < 4.78 is 16.1. The Hall–Kier alpha value is -2.31. The van der Waals surface area contributed by atoms with Crippen LogP contribution in [0.4, 0.5) is 0 Å². The molecule has 2 heterocycles. The zero-order valence-electron chi connectivity index (χ0n) is 12.1. The van der Waals surface area contributed by atoms with Crippen LogP contribution in [-0.2, 0) is 6.54 Å². The van der Waals surface area contributed by atoms with Gasteiger partial charge in [0.05, 0.1) is 0 Å². The number of rotatable bonds is 7. The average molecular weight is 302 g/mol. The van der Waals surface area contributed by atoms with E-state index in [0.717, 1.165) is 5.56 Å². The van der Waals surface area contributed by atoms with E-state index in [1.807, 2.05) is 12.1 Å². The lowest BCUT2D eigenvalue weighted by atomic mass is 10.3. The number of fused-ring (bicyclic) bond motifs is 1. The molecule has 0 aliphatic carbocycles. The fraction of sp³-hybridized carbons (Fsp3) is 0.312. The zero-order valence-corrected chi connectivity index (χ0v) is 12.1. The largest absolute Gasteiger partial charge is 0.491 e. The number of aromatic nitrogens is 1. The Morgan fingerprint density at radius 3 is 3.05 bits per heavy atom. The lowest BCUT2D eigenvalue weighted by Gasteiger charge is -2.13. The minimum atomic E-state index is -0.595. The van der Waals surface area contributed by atoms with Gasteiger partial charge in [0.2, 0.25) is 6.79 Å². The Balaban J connectivity index is 1.40. The third-order valence-corrected chi connectivity index (χ3v) is 3.22. The van der Waals surface area contributed by atoms with E-state index in [0.29, 0.717) is 30.3 Å². The van der Waals surface area contributed by atoms with Crippen LogP contribution < -0.4 is 19.5 Å². The van der Waals surface area contributed by atoms with Gasteiger partial charge in [-0.3, -0.25) is 4.98 Å². The highest BCUT2D eigenvalue weighted by Crippen LogP contribution is 2.35. The quantitative estimate of drug-likeness (QED) is 0.804. The maximum atomic E-state index is 9.92. The second-order valence-electron chi connectivity index (χ2n) is 4.97. The lowest BCUT2D eigenvalue weighted by molar-refractivity contribution is 0.106. The van der Waals surface area contributed by atoms with Crippen LogP contribution in [0, 0.1) is 0 Å². The Morgan fingerprint density at radius 2 is 2.18 bits per heavy atom. The van der Waals surface area contributed by atoms with Crippen molar-refractivity contribution >= 4 is 0 Å². The van der Waals surface area contributed by atoms with Crippen molar-refractivity contribution < 1.29 is 19.3 Å². The minimum Gasteiger partial charge on any atom is -0.491 e. The molecule has 1 aromatic heterocycles. The summed E-state index contributed by atoms with van der Waals surface area (Å²) >= 11 is 0. The first-order chi connectivity index (χ1) is 10.8. The molecule has 2 aromatic rings. The first-order valence-electron chi connectivity index (χ1n) is 7.11. The molecule has 1 aromatic carbocycles. The van der Waals surface area contributed by atoms with Crippen LogP contribution in [0.2, 0.25) is 0 Å². The van der Waals surface area contributed by atoms with Crippen LogP contribution in [0.1, 0.15) is 5.56 Å². The van der Waals surface area contributed by atoms with E-state index in [-0.39, 0.29) is 13.4 Å². The van der Waals surface area contributed by atoms with Crippen LogP contribution in [0.5, 0.6) is 17.2 Å². The normalized spacial score (nSPS) is 13.9. The van der Waals surface area contributed by atoms with Gasteiger partial charge in [0.15, 0.2) is 11.5 Å². The number of ether oxygens (including phenoxy) is 3. The Morgan fingerprint density at radius 1 is 1.27 bits per heavy atom. The SMILES string of the molecule is OC(CNCc1cccnc1)COc1ccc2c(c1)OCO2. The number of benzene rings is 1. The third kappa shape index (κ3) is 3.87. The standard InChI is InChI=1S/C16H18N2O4/c19-13(9-18-8-12-2-1-5-17-7-12)10-20-14-3-4-15-16(6-14)22-11-21-15/h1-7,13,18-19H,8-11H2. The van der Waals surface area contributed by atoms with Crippen molar-refractivity contribution in [2.75, 3.05) is 19.9 Å². The summed E-state index contributed by atoms with van der Waals surface area (Å²) in [5.41, 5.74) is 1.08. The van der Waals surface area contributed by atoms with Gasteiger partial charge in [0.1, 0.15) is 18.5 Å². The number of aliphatic hydroxyl groups excluding tert-OH is 1. The highest BCUT2D eigenvalue weighted by atomic mass is 16.7.